The van der Waals surface area contributed by atoms with Crippen LogP contribution in [-0.4, -0.2) is 44.4 Å². The highest BCUT2D eigenvalue weighted by Crippen LogP contribution is 2.41. The van der Waals surface area contributed by atoms with Crippen molar-refractivity contribution in [1.82, 2.24) is 0 Å². The monoisotopic (exact) mass is 697 g/mol. The van der Waals surface area contributed by atoms with Crippen LogP contribution in [-0.2, 0) is 19.1 Å². The van der Waals surface area contributed by atoms with Gasteiger partial charge in [0.25, 0.3) is 0 Å². The fraction of sp³-hybridized carbons (Fsp3) is 0.929. The molecule has 49 heavy (non-hydrogen) atoms. The minimum absolute atomic E-state index is 0.159. The van der Waals surface area contributed by atoms with Crippen LogP contribution in [0, 0.1) is 5.92 Å². The number of esters is 1. The molecule has 0 saturated heterocycles. The molecule has 0 rings (SSSR count). The molecule has 0 aliphatic rings. The summed E-state index contributed by atoms with van der Waals surface area (Å²) in [4.78, 5) is 37.2. The number of carboxylic acid groups (broad SMARTS) is 2. The molecular weight excluding hydrogens is 616 g/mol. The van der Waals surface area contributed by atoms with Crippen LogP contribution in [0.2, 0.25) is 0 Å². The lowest BCUT2D eigenvalue weighted by Gasteiger charge is -2.42. The van der Waals surface area contributed by atoms with Gasteiger partial charge in [0.15, 0.2) is 5.60 Å². The van der Waals surface area contributed by atoms with E-state index in [2.05, 4.69) is 27.7 Å². The molecule has 0 aliphatic carbocycles. The van der Waals surface area contributed by atoms with Crippen molar-refractivity contribution in [2.45, 2.75) is 244 Å². The van der Waals surface area contributed by atoms with E-state index in [-0.39, 0.29) is 5.92 Å². The highest BCUT2D eigenvalue weighted by Gasteiger charge is 2.45. The van der Waals surface area contributed by atoms with E-state index in [4.69, 9.17) is 4.74 Å². The molecule has 7 heteroatoms. The molecular formula is C42H80O7. The molecule has 0 amide bonds. The Bertz CT molecular complexity index is 797. The van der Waals surface area contributed by atoms with Gasteiger partial charge in [0.2, 0.25) is 0 Å². The third-order valence-corrected chi connectivity index (χ3v) is 10.6. The average Bonchev–Trinajstić information content (AvgIpc) is 3.05. The molecule has 0 radical (unpaired) electrons. The lowest BCUT2D eigenvalue weighted by atomic mass is 9.73. The Hall–Kier alpha value is -1.63. The fourth-order valence-corrected chi connectivity index (χ4v) is 7.46. The number of aliphatic carboxylic acids is 2. The number of aliphatic hydroxyl groups is 1. The smallest absolute Gasteiger partial charge is 0.336 e. The normalized spacial score (nSPS) is 13.7. The SMILES string of the molecule is CCCCCCCCCCC(CCCCCCCC)C(CCCCCCCC)(CCCCCCCC)OC(=O)CC(O)(CC(=O)O)C(=O)O. The Morgan fingerprint density at radius 2 is 0.816 bits per heavy atom. The van der Waals surface area contributed by atoms with Crippen LogP contribution in [0.15, 0.2) is 0 Å². The van der Waals surface area contributed by atoms with E-state index in [1.54, 1.807) is 0 Å². The van der Waals surface area contributed by atoms with E-state index in [0.29, 0.717) is 0 Å². The van der Waals surface area contributed by atoms with Gasteiger partial charge in [-0.3, -0.25) is 9.59 Å². The first kappa shape index (κ1) is 47.4. The molecule has 0 bridgehead atoms. The summed E-state index contributed by atoms with van der Waals surface area (Å²) in [7, 11) is 0. The van der Waals surface area contributed by atoms with E-state index in [1.165, 1.54) is 103 Å². The third kappa shape index (κ3) is 24.2. The lowest BCUT2D eigenvalue weighted by molar-refractivity contribution is -0.184. The first-order valence-corrected chi connectivity index (χ1v) is 21.0. The van der Waals surface area contributed by atoms with Gasteiger partial charge in [0.1, 0.15) is 5.60 Å². The molecule has 0 aromatic heterocycles. The number of hydrogen-bond acceptors (Lipinski definition) is 5. The van der Waals surface area contributed by atoms with E-state index < -0.39 is 42.0 Å². The maximum atomic E-state index is 13.7. The topological polar surface area (TPSA) is 121 Å². The van der Waals surface area contributed by atoms with Crippen LogP contribution in [0.1, 0.15) is 233 Å². The Labute approximate surface area is 302 Å². The summed E-state index contributed by atoms with van der Waals surface area (Å²) >= 11 is 0. The molecule has 0 fully saturated rings. The molecule has 0 aromatic carbocycles. The van der Waals surface area contributed by atoms with Crippen molar-refractivity contribution in [2.24, 2.45) is 5.92 Å². The van der Waals surface area contributed by atoms with Gasteiger partial charge in [-0.05, 0) is 44.4 Å². The number of ether oxygens (including phenoxy) is 1. The number of hydrogen-bond donors (Lipinski definition) is 3. The zero-order valence-corrected chi connectivity index (χ0v) is 32.7. The van der Waals surface area contributed by atoms with Crippen molar-refractivity contribution in [1.29, 1.82) is 0 Å². The molecule has 0 heterocycles. The third-order valence-electron chi connectivity index (χ3n) is 10.6. The Morgan fingerprint density at radius 1 is 0.490 bits per heavy atom. The van der Waals surface area contributed by atoms with Crippen LogP contribution in [0.25, 0.3) is 0 Å². The van der Waals surface area contributed by atoms with Crippen molar-refractivity contribution in [3.05, 3.63) is 0 Å². The minimum atomic E-state index is -2.69. The summed E-state index contributed by atoms with van der Waals surface area (Å²) in [6.07, 6.45) is 32.0. The predicted octanol–water partition coefficient (Wildman–Crippen LogP) is 12.3. The number of unbranched alkanes of at least 4 members (excludes halogenated alkanes) is 22. The van der Waals surface area contributed by atoms with Crippen LogP contribution >= 0.6 is 0 Å². The minimum Gasteiger partial charge on any atom is -0.481 e. The van der Waals surface area contributed by atoms with Gasteiger partial charge in [-0.15, -0.1) is 0 Å². The summed E-state index contributed by atoms with van der Waals surface area (Å²) in [6.45, 7) is 8.90. The molecule has 2 atom stereocenters. The van der Waals surface area contributed by atoms with Gasteiger partial charge in [-0.1, -0.05) is 182 Å². The van der Waals surface area contributed by atoms with Crippen LogP contribution in [0.5, 0.6) is 0 Å². The molecule has 0 aliphatic heterocycles. The van der Waals surface area contributed by atoms with Gasteiger partial charge in [-0.2, -0.15) is 0 Å². The van der Waals surface area contributed by atoms with E-state index in [9.17, 15) is 29.7 Å². The Kier molecular flexibility index (Phi) is 30.1. The molecule has 290 valence electrons. The molecule has 2 unspecified atom stereocenters. The quantitative estimate of drug-likeness (QED) is 0.0436. The second kappa shape index (κ2) is 31.1. The van der Waals surface area contributed by atoms with Crippen molar-refractivity contribution in [3.63, 3.8) is 0 Å². The summed E-state index contributed by atoms with van der Waals surface area (Å²) < 4.78 is 6.55. The molecule has 7 nitrogen and oxygen atoms in total. The highest BCUT2D eigenvalue weighted by atomic mass is 16.6. The first-order chi connectivity index (χ1) is 23.6. The summed E-state index contributed by atoms with van der Waals surface area (Å²) in [5, 5.41) is 29.9. The zero-order chi connectivity index (χ0) is 36.6. The Balaban J connectivity index is 6.29. The van der Waals surface area contributed by atoms with Crippen molar-refractivity contribution in [3.8, 4) is 0 Å². The van der Waals surface area contributed by atoms with E-state index in [0.717, 1.165) is 89.9 Å². The number of rotatable bonds is 37. The van der Waals surface area contributed by atoms with Gasteiger partial charge in [-0.25, -0.2) is 4.79 Å². The van der Waals surface area contributed by atoms with Crippen molar-refractivity contribution in [2.75, 3.05) is 0 Å². The molecule has 0 aromatic rings. The van der Waals surface area contributed by atoms with Crippen molar-refractivity contribution < 1.29 is 34.4 Å². The second-order valence-corrected chi connectivity index (χ2v) is 15.2. The van der Waals surface area contributed by atoms with Crippen LogP contribution < -0.4 is 0 Å². The maximum absolute atomic E-state index is 13.7. The van der Waals surface area contributed by atoms with Crippen LogP contribution in [0.3, 0.4) is 0 Å². The molecule has 3 N–H and O–H groups in total. The maximum Gasteiger partial charge on any atom is 0.336 e. The zero-order valence-electron chi connectivity index (χ0n) is 32.7. The fourth-order valence-electron chi connectivity index (χ4n) is 7.46. The second-order valence-electron chi connectivity index (χ2n) is 15.2. The molecule has 0 saturated carbocycles. The standard InChI is InChI=1S/C42H80O7/c1-5-9-13-17-21-22-24-28-32-37(31-27-23-18-14-10-6-2)42(33-29-25-19-15-11-7-3,34-30-26-20-16-12-8-4)49-39(45)36-41(48,40(46)47)35-38(43)44/h37,48H,5-36H2,1-4H3,(H,43,44)(H,46,47). The average molecular weight is 697 g/mol. The number of carbonyl (C=O) groups excluding carboxylic acids is 1. The number of carboxylic acids is 2. The number of carbonyl (C=O) groups is 3. The first-order valence-electron chi connectivity index (χ1n) is 21.0. The van der Waals surface area contributed by atoms with Gasteiger partial charge < -0.3 is 20.1 Å². The highest BCUT2D eigenvalue weighted by molar-refractivity contribution is 5.88. The summed E-state index contributed by atoms with van der Waals surface area (Å²) in [5.41, 5.74) is -3.43. The largest absolute Gasteiger partial charge is 0.481 e. The van der Waals surface area contributed by atoms with E-state index >= 15 is 0 Å². The van der Waals surface area contributed by atoms with E-state index in [1.807, 2.05) is 0 Å². The predicted molar refractivity (Wildman–Crippen MR) is 203 cm³/mol. The summed E-state index contributed by atoms with van der Waals surface area (Å²) in [5.74, 6) is -3.79. The Morgan fingerprint density at radius 3 is 1.14 bits per heavy atom. The van der Waals surface area contributed by atoms with Crippen LogP contribution in [0.4, 0.5) is 0 Å². The molecule has 0 spiro atoms. The summed E-state index contributed by atoms with van der Waals surface area (Å²) in [6, 6.07) is 0. The van der Waals surface area contributed by atoms with Gasteiger partial charge in [0, 0.05) is 0 Å². The van der Waals surface area contributed by atoms with Crippen molar-refractivity contribution >= 4 is 17.9 Å². The van der Waals surface area contributed by atoms with Gasteiger partial charge >= 0.3 is 17.9 Å². The van der Waals surface area contributed by atoms with Gasteiger partial charge in [0.05, 0.1) is 12.8 Å². The lowest BCUT2D eigenvalue weighted by Crippen LogP contribution is -2.47.